The fourth-order valence-corrected chi connectivity index (χ4v) is 2.65. The summed E-state index contributed by atoms with van der Waals surface area (Å²) in [6, 6.07) is 1.92. The van der Waals surface area contributed by atoms with E-state index in [-0.39, 0.29) is 6.04 Å². The molecular weight excluding hydrogens is 224 g/mol. The summed E-state index contributed by atoms with van der Waals surface area (Å²) >= 11 is 5.94. The van der Waals surface area contributed by atoms with Crippen molar-refractivity contribution < 1.29 is 0 Å². The van der Waals surface area contributed by atoms with Crippen LogP contribution in [0.3, 0.4) is 0 Å². The Morgan fingerprint density at radius 2 is 2.12 bits per heavy atom. The minimum Gasteiger partial charge on any atom is -0.383 e. The van der Waals surface area contributed by atoms with E-state index in [2.05, 4.69) is 10.4 Å². The monoisotopic (exact) mass is 240 g/mol. The molecule has 0 bridgehead atoms. The highest BCUT2D eigenvalue weighted by Gasteiger charge is 2.27. The van der Waals surface area contributed by atoms with Crippen molar-refractivity contribution in [3.63, 3.8) is 0 Å². The smallest absolute Gasteiger partial charge is 0.128 e. The quantitative estimate of drug-likeness (QED) is 0.558. The Morgan fingerprint density at radius 3 is 2.75 bits per heavy atom. The molecule has 1 atom stereocenters. The number of aromatic nitrogens is 1. The Balaban J connectivity index is 2.28. The van der Waals surface area contributed by atoms with Crippen molar-refractivity contribution in [3.8, 4) is 0 Å². The third kappa shape index (κ3) is 2.29. The van der Waals surface area contributed by atoms with E-state index in [9.17, 15) is 0 Å². The van der Waals surface area contributed by atoms with Crippen LogP contribution in [-0.4, -0.2) is 4.98 Å². The maximum Gasteiger partial charge on any atom is 0.128 e. The van der Waals surface area contributed by atoms with Gasteiger partial charge in [0, 0.05) is 11.8 Å². The van der Waals surface area contributed by atoms with Gasteiger partial charge in [0.05, 0.1) is 11.1 Å². The first-order valence-electron chi connectivity index (χ1n) is 5.59. The van der Waals surface area contributed by atoms with Gasteiger partial charge in [-0.2, -0.15) is 0 Å². The molecule has 0 saturated heterocycles. The van der Waals surface area contributed by atoms with Crippen molar-refractivity contribution in [1.82, 2.24) is 10.4 Å². The number of hydrogen-bond donors (Lipinski definition) is 3. The maximum atomic E-state index is 5.94. The van der Waals surface area contributed by atoms with Gasteiger partial charge in [0.15, 0.2) is 0 Å². The van der Waals surface area contributed by atoms with Crippen LogP contribution in [0.25, 0.3) is 0 Å². The Hall–Kier alpha value is -0.840. The first kappa shape index (κ1) is 11.6. The molecule has 1 unspecified atom stereocenters. The van der Waals surface area contributed by atoms with Crippen LogP contribution in [0.15, 0.2) is 12.3 Å². The summed E-state index contributed by atoms with van der Waals surface area (Å²) in [5.41, 5.74) is 9.64. The Labute approximate surface area is 100 Å². The number of rotatable bonds is 3. The van der Waals surface area contributed by atoms with Crippen molar-refractivity contribution in [2.75, 3.05) is 5.73 Å². The highest BCUT2D eigenvalue weighted by Crippen LogP contribution is 2.37. The van der Waals surface area contributed by atoms with Crippen LogP contribution < -0.4 is 17.0 Å². The number of hydrazine groups is 1. The zero-order chi connectivity index (χ0) is 11.5. The van der Waals surface area contributed by atoms with Crippen molar-refractivity contribution in [2.45, 2.75) is 31.7 Å². The summed E-state index contributed by atoms with van der Waals surface area (Å²) < 4.78 is 0. The maximum absolute atomic E-state index is 5.94. The van der Waals surface area contributed by atoms with Gasteiger partial charge in [-0.25, -0.2) is 4.98 Å². The first-order valence-corrected chi connectivity index (χ1v) is 5.97. The molecule has 0 amide bonds. The number of halogens is 1. The Bertz CT molecular complexity index is 363. The lowest BCUT2D eigenvalue weighted by Crippen LogP contribution is -2.33. The molecular formula is C11H17ClN4. The minimum atomic E-state index is 0.0636. The minimum absolute atomic E-state index is 0.0636. The fraction of sp³-hybridized carbons (Fsp3) is 0.545. The zero-order valence-corrected chi connectivity index (χ0v) is 9.87. The number of nitrogens with one attached hydrogen (secondary N) is 1. The van der Waals surface area contributed by atoms with E-state index in [1.807, 2.05) is 6.07 Å². The molecule has 0 spiro atoms. The lowest BCUT2D eigenvalue weighted by molar-refractivity contribution is 0.374. The molecule has 1 fully saturated rings. The average molecular weight is 241 g/mol. The second kappa shape index (κ2) is 4.99. The second-order valence-corrected chi connectivity index (χ2v) is 4.75. The van der Waals surface area contributed by atoms with E-state index >= 15 is 0 Å². The number of pyridine rings is 1. The summed E-state index contributed by atoms with van der Waals surface area (Å²) in [5, 5.41) is 0.599. The third-order valence-electron chi connectivity index (χ3n) is 3.30. The molecule has 4 nitrogen and oxygen atoms in total. The SMILES string of the molecule is NNC(c1cc(Cl)cnc1N)C1CCCC1. The van der Waals surface area contributed by atoms with Gasteiger partial charge in [0.25, 0.3) is 0 Å². The third-order valence-corrected chi connectivity index (χ3v) is 3.51. The van der Waals surface area contributed by atoms with Gasteiger partial charge >= 0.3 is 0 Å². The van der Waals surface area contributed by atoms with Gasteiger partial charge < -0.3 is 5.73 Å². The molecule has 16 heavy (non-hydrogen) atoms. The predicted molar refractivity (Wildman–Crippen MR) is 65.7 cm³/mol. The molecule has 2 rings (SSSR count). The van der Waals surface area contributed by atoms with Gasteiger partial charge in [-0.1, -0.05) is 24.4 Å². The molecule has 0 aromatic carbocycles. The van der Waals surface area contributed by atoms with Crippen molar-refractivity contribution >= 4 is 17.4 Å². The summed E-state index contributed by atoms with van der Waals surface area (Å²) in [5.74, 6) is 6.68. The number of anilines is 1. The Morgan fingerprint density at radius 1 is 1.44 bits per heavy atom. The lowest BCUT2D eigenvalue weighted by Gasteiger charge is -2.23. The van der Waals surface area contributed by atoms with E-state index in [4.69, 9.17) is 23.2 Å². The van der Waals surface area contributed by atoms with Crippen LogP contribution in [0.2, 0.25) is 5.02 Å². The first-order chi connectivity index (χ1) is 7.72. The highest BCUT2D eigenvalue weighted by molar-refractivity contribution is 6.30. The summed E-state index contributed by atoms with van der Waals surface area (Å²) in [4.78, 5) is 4.07. The molecule has 1 aliphatic rings. The standard InChI is InChI=1S/C11H17ClN4/c12-8-5-9(11(13)15-6-8)10(16-14)7-3-1-2-4-7/h5-7,10,16H,1-4,14H2,(H2,13,15). The number of nitrogen functional groups attached to an aromatic ring is 1. The molecule has 5 N–H and O–H groups in total. The molecule has 88 valence electrons. The van der Waals surface area contributed by atoms with E-state index in [1.165, 1.54) is 25.7 Å². The lowest BCUT2D eigenvalue weighted by atomic mass is 9.92. The molecule has 1 heterocycles. The van der Waals surface area contributed by atoms with Crippen LogP contribution in [-0.2, 0) is 0 Å². The van der Waals surface area contributed by atoms with Crippen LogP contribution in [0.5, 0.6) is 0 Å². The topological polar surface area (TPSA) is 77.0 Å². The van der Waals surface area contributed by atoms with Crippen molar-refractivity contribution in [2.24, 2.45) is 11.8 Å². The van der Waals surface area contributed by atoms with Gasteiger partial charge in [-0.3, -0.25) is 11.3 Å². The van der Waals surface area contributed by atoms with Crippen LogP contribution in [0.4, 0.5) is 5.82 Å². The van der Waals surface area contributed by atoms with Gasteiger partial charge in [0.2, 0.25) is 0 Å². The molecule has 1 aliphatic carbocycles. The van der Waals surface area contributed by atoms with Crippen LogP contribution in [0.1, 0.15) is 37.3 Å². The largest absolute Gasteiger partial charge is 0.383 e. The average Bonchev–Trinajstić information content (AvgIpc) is 2.78. The summed E-state index contributed by atoms with van der Waals surface area (Å²) in [6.45, 7) is 0. The normalized spacial score (nSPS) is 18.9. The van der Waals surface area contributed by atoms with Crippen molar-refractivity contribution in [3.05, 3.63) is 22.8 Å². The number of nitrogens with zero attached hydrogens (tertiary/aromatic N) is 1. The second-order valence-electron chi connectivity index (χ2n) is 4.32. The molecule has 1 saturated carbocycles. The summed E-state index contributed by atoms with van der Waals surface area (Å²) in [7, 11) is 0. The molecule has 5 heteroatoms. The molecule has 1 aromatic rings. The van der Waals surface area contributed by atoms with E-state index in [0.717, 1.165) is 5.56 Å². The van der Waals surface area contributed by atoms with E-state index in [1.54, 1.807) is 6.20 Å². The van der Waals surface area contributed by atoms with Crippen molar-refractivity contribution in [1.29, 1.82) is 0 Å². The number of hydrogen-bond acceptors (Lipinski definition) is 4. The molecule has 1 aromatic heterocycles. The summed E-state index contributed by atoms with van der Waals surface area (Å²) in [6.07, 6.45) is 6.44. The van der Waals surface area contributed by atoms with Gasteiger partial charge in [-0.05, 0) is 24.8 Å². The zero-order valence-electron chi connectivity index (χ0n) is 9.12. The highest BCUT2D eigenvalue weighted by atomic mass is 35.5. The molecule has 0 radical (unpaired) electrons. The predicted octanol–water partition coefficient (Wildman–Crippen LogP) is 2.01. The van der Waals surface area contributed by atoms with E-state index in [0.29, 0.717) is 16.8 Å². The van der Waals surface area contributed by atoms with E-state index < -0.39 is 0 Å². The Kier molecular flexibility index (Phi) is 3.63. The van der Waals surface area contributed by atoms with Gasteiger partial charge in [0.1, 0.15) is 5.82 Å². The molecule has 0 aliphatic heterocycles. The van der Waals surface area contributed by atoms with Crippen LogP contribution >= 0.6 is 11.6 Å². The van der Waals surface area contributed by atoms with Gasteiger partial charge in [-0.15, -0.1) is 0 Å². The fourth-order valence-electron chi connectivity index (χ4n) is 2.49. The number of nitrogens with two attached hydrogens (primary N) is 2. The van der Waals surface area contributed by atoms with Crippen LogP contribution in [0, 0.1) is 5.92 Å².